The highest BCUT2D eigenvalue weighted by Gasteiger charge is 2.53. The maximum absolute atomic E-state index is 12.6. The van der Waals surface area contributed by atoms with Crippen LogP contribution in [0.3, 0.4) is 0 Å². The van der Waals surface area contributed by atoms with E-state index in [0.717, 1.165) is 25.7 Å². The summed E-state index contributed by atoms with van der Waals surface area (Å²) in [6, 6.07) is 0. The average molecular weight is 246 g/mol. The highest BCUT2D eigenvalue weighted by Crippen LogP contribution is 2.37. The fourth-order valence-corrected chi connectivity index (χ4v) is 3.03. The van der Waals surface area contributed by atoms with E-state index in [9.17, 15) is 13.6 Å². The molecule has 1 aliphatic carbocycles. The Kier molecular flexibility index (Phi) is 3.39. The summed E-state index contributed by atoms with van der Waals surface area (Å²) in [5.41, 5.74) is -0.538. The fraction of sp³-hybridized carbons (Fsp3) is 0.917. The third-order valence-corrected chi connectivity index (χ3v) is 3.85. The van der Waals surface area contributed by atoms with Gasteiger partial charge < -0.3 is 4.90 Å². The first-order valence-corrected chi connectivity index (χ1v) is 6.33. The van der Waals surface area contributed by atoms with Crippen LogP contribution in [-0.4, -0.2) is 35.5 Å². The molecule has 1 spiro atoms. The van der Waals surface area contributed by atoms with Gasteiger partial charge in [0.1, 0.15) is 0 Å². The molecular weight excluding hydrogens is 226 g/mol. The van der Waals surface area contributed by atoms with Gasteiger partial charge in [0.15, 0.2) is 0 Å². The number of nitrogens with one attached hydrogen (secondary N) is 1. The molecule has 2 aliphatic rings. The van der Waals surface area contributed by atoms with Crippen LogP contribution in [0.15, 0.2) is 0 Å². The molecule has 1 amide bonds. The molecule has 1 saturated carbocycles. The molecule has 0 bridgehead atoms. The lowest BCUT2D eigenvalue weighted by molar-refractivity contribution is -0.135. The lowest BCUT2D eigenvalue weighted by atomic mass is 9.98. The van der Waals surface area contributed by atoms with Crippen molar-refractivity contribution in [3.05, 3.63) is 0 Å². The van der Waals surface area contributed by atoms with Crippen LogP contribution in [0.5, 0.6) is 0 Å². The smallest absolute Gasteiger partial charge is 0.255 e. The molecule has 1 saturated heterocycles. The fourth-order valence-electron chi connectivity index (χ4n) is 3.03. The largest absolute Gasteiger partial charge is 0.320 e. The van der Waals surface area contributed by atoms with Gasteiger partial charge in [-0.2, -0.15) is 0 Å². The Morgan fingerprint density at radius 1 is 1.41 bits per heavy atom. The second-order valence-corrected chi connectivity index (χ2v) is 5.47. The molecule has 2 rings (SSSR count). The third-order valence-electron chi connectivity index (χ3n) is 3.85. The van der Waals surface area contributed by atoms with Gasteiger partial charge in [0, 0.05) is 0 Å². The lowest BCUT2D eigenvalue weighted by Gasteiger charge is -2.26. The number of nitrogens with zero attached hydrogens (tertiary/aromatic N) is 1. The van der Waals surface area contributed by atoms with Gasteiger partial charge in [-0.25, -0.2) is 8.78 Å². The molecule has 1 unspecified atom stereocenters. The molecular formula is C12H20F2N2O. The molecule has 2 fully saturated rings. The van der Waals surface area contributed by atoms with E-state index in [-0.39, 0.29) is 18.0 Å². The molecule has 0 aromatic rings. The highest BCUT2D eigenvalue weighted by atomic mass is 19.3. The van der Waals surface area contributed by atoms with E-state index in [1.54, 1.807) is 0 Å². The van der Waals surface area contributed by atoms with Gasteiger partial charge in [-0.15, -0.1) is 0 Å². The SMILES string of the molecule is CC(C)C1NC2(CCCC2)C(=O)N1CC(F)F. The van der Waals surface area contributed by atoms with Gasteiger partial charge in [-0.3, -0.25) is 10.1 Å². The van der Waals surface area contributed by atoms with Crippen LogP contribution in [0, 0.1) is 5.92 Å². The lowest BCUT2D eigenvalue weighted by Crippen LogP contribution is -2.45. The average Bonchev–Trinajstić information content (AvgIpc) is 2.79. The predicted molar refractivity (Wildman–Crippen MR) is 60.7 cm³/mol. The minimum absolute atomic E-state index is 0.117. The molecule has 5 heteroatoms. The van der Waals surface area contributed by atoms with Crippen molar-refractivity contribution in [2.75, 3.05) is 6.54 Å². The third kappa shape index (κ3) is 2.17. The first kappa shape index (κ1) is 12.7. The van der Waals surface area contributed by atoms with Gasteiger partial charge in [-0.05, 0) is 18.8 Å². The van der Waals surface area contributed by atoms with E-state index in [0.29, 0.717) is 0 Å². The number of carbonyl (C=O) groups excluding carboxylic acids is 1. The standard InChI is InChI=1S/C12H20F2N2O/c1-8(2)10-15-12(5-3-4-6-12)11(17)16(10)7-9(13)14/h8-10,15H,3-7H2,1-2H3. The molecule has 0 aromatic carbocycles. The monoisotopic (exact) mass is 246 g/mol. The summed E-state index contributed by atoms with van der Waals surface area (Å²) < 4.78 is 25.1. The number of carbonyl (C=O) groups is 1. The molecule has 1 atom stereocenters. The Hall–Kier alpha value is -0.710. The second-order valence-electron chi connectivity index (χ2n) is 5.47. The van der Waals surface area contributed by atoms with Crippen LogP contribution in [0.25, 0.3) is 0 Å². The summed E-state index contributed by atoms with van der Waals surface area (Å²) in [6.07, 6.45) is 0.884. The van der Waals surface area contributed by atoms with Crippen LogP contribution in [0.1, 0.15) is 39.5 Å². The Morgan fingerprint density at radius 2 is 2.00 bits per heavy atom. The summed E-state index contributed by atoms with van der Waals surface area (Å²) in [7, 11) is 0. The first-order chi connectivity index (χ1) is 7.96. The number of hydrogen-bond acceptors (Lipinski definition) is 2. The number of alkyl halides is 2. The molecule has 17 heavy (non-hydrogen) atoms. The van der Waals surface area contributed by atoms with E-state index in [4.69, 9.17) is 0 Å². The summed E-state index contributed by atoms with van der Waals surface area (Å²) in [5, 5.41) is 3.31. The van der Waals surface area contributed by atoms with Crippen molar-refractivity contribution in [1.29, 1.82) is 0 Å². The molecule has 1 heterocycles. The number of amides is 1. The second kappa shape index (κ2) is 4.52. The number of hydrogen-bond donors (Lipinski definition) is 1. The quantitative estimate of drug-likeness (QED) is 0.825. The zero-order valence-corrected chi connectivity index (χ0v) is 10.4. The number of halogens is 2. The zero-order chi connectivity index (χ0) is 12.6. The van der Waals surface area contributed by atoms with Crippen LogP contribution < -0.4 is 5.32 Å². The molecule has 3 nitrogen and oxygen atoms in total. The molecule has 0 aromatic heterocycles. The minimum Gasteiger partial charge on any atom is -0.320 e. The van der Waals surface area contributed by atoms with E-state index >= 15 is 0 Å². The summed E-state index contributed by atoms with van der Waals surface area (Å²) >= 11 is 0. The van der Waals surface area contributed by atoms with Crippen molar-refractivity contribution >= 4 is 5.91 Å². The minimum atomic E-state index is -2.46. The Balaban J connectivity index is 2.19. The normalized spacial score (nSPS) is 28.0. The van der Waals surface area contributed by atoms with Crippen molar-refractivity contribution in [3.63, 3.8) is 0 Å². The predicted octanol–water partition coefficient (Wildman–Crippen LogP) is 1.98. The van der Waals surface area contributed by atoms with Crippen LogP contribution in [-0.2, 0) is 4.79 Å². The number of rotatable bonds is 3. The maximum Gasteiger partial charge on any atom is 0.255 e. The van der Waals surface area contributed by atoms with Crippen LogP contribution in [0.4, 0.5) is 8.78 Å². The van der Waals surface area contributed by atoms with E-state index < -0.39 is 18.5 Å². The van der Waals surface area contributed by atoms with E-state index in [2.05, 4.69) is 5.32 Å². The molecule has 0 radical (unpaired) electrons. The van der Waals surface area contributed by atoms with Gasteiger partial charge in [0.25, 0.3) is 6.43 Å². The van der Waals surface area contributed by atoms with Crippen molar-refractivity contribution in [3.8, 4) is 0 Å². The Bertz CT molecular complexity index is 301. The van der Waals surface area contributed by atoms with Gasteiger partial charge in [0.2, 0.25) is 5.91 Å². The summed E-state index contributed by atoms with van der Waals surface area (Å²) in [6.45, 7) is 3.46. The van der Waals surface area contributed by atoms with Crippen molar-refractivity contribution in [2.45, 2.75) is 57.7 Å². The first-order valence-electron chi connectivity index (χ1n) is 6.33. The van der Waals surface area contributed by atoms with Crippen molar-refractivity contribution in [2.24, 2.45) is 5.92 Å². The topological polar surface area (TPSA) is 32.3 Å². The van der Waals surface area contributed by atoms with Crippen molar-refractivity contribution < 1.29 is 13.6 Å². The van der Waals surface area contributed by atoms with Gasteiger partial charge in [-0.1, -0.05) is 26.7 Å². The van der Waals surface area contributed by atoms with Crippen LogP contribution >= 0.6 is 0 Å². The zero-order valence-electron chi connectivity index (χ0n) is 10.4. The molecule has 98 valence electrons. The summed E-state index contributed by atoms with van der Waals surface area (Å²) in [5.74, 6) is 0.0340. The van der Waals surface area contributed by atoms with Crippen LogP contribution in [0.2, 0.25) is 0 Å². The maximum atomic E-state index is 12.6. The Morgan fingerprint density at radius 3 is 2.47 bits per heavy atom. The summed E-state index contributed by atoms with van der Waals surface area (Å²) in [4.78, 5) is 13.7. The van der Waals surface area contributed by atoms with Gasteiger partial charge >= 0.3 is 0 Å². The highest BCUT2D eigenvalue weighted by molar-refractivity contribution is 5.89. The van der Waals surface area contributed by atoms with Crippen molar-refractivity contribution in [1.82, 2.24) is 10.2 Å². The van der Waals surface area contributed by atoms with Gasteiger partial charge in [0.05, 0.1) is 18.2 Å². The Labute approximate surface area is 101 Å². The molecule has 1 aliphatic heterocycles. The molecule has 1 N–H and O–H groups in total. The van der Waals surface area contributed by atoms with E-state index in [1.165, 1.54) is 4.90 Å². The van der Waals surface area contributed by atoms with E-state index in [1.807, 2.05) is 13.8 Å².